The number of aromatic nitrogens is 2. The van der Waals surface area contributed by atoms with Gasteiger partial charge >= 0.3 is 0 Å². The molecular weight excluding hydrogens is 464 g/mol. The largest absolute Gasteiger partial charge is 0.494 e. The Morgan fingerprint density at radius 2 is 1.86 bits per heavy atom. The number of nitrogens with zero attached hydrogens (tertiary/aromatic N) is 3. The molecule has 7 heteroatoms. The second-order valence-corrected chi connectivity index (χ2v) is 9.33. The molecule has 1 fully saturated rings. The van der Waals surface area contributed by atoms with Gasteiger partial charge < -0.3 is 19.5 Å². The monoisotopic (exact) mass is 496 g/mol. The van der Waals surface area contributed by atoms with E-state index < -0.39 is 0 Å². The lowest BCUT2D eigenvalue weighted by Gasteiger charge is -2.20. The van der Waals surface area contributed by atoms with E-state index in [0.717, 1.165) is 53.6 Å². The molecule has 4 aromatic rings. The summed E-state index contributed by atoms with van der Waals surface area (Å²) < 4.78 is 7.80. The zero-order valence-corrected chi connectivity index (χ0v) is 20.9. The highest BCUT2D eigenvalue weighted by Crippen LogP contribution is 2.26. The average molecular weight is 497 g/mol. The van der Waals surface area contributed by atoms with Gasteiger partial charge in [-0.15, -0.1) is 0 Å². The fourth-order valence-electron chi connectivity index (χ4n) is 4.89. The van der Waals surface area contributed by atoms with Gasteiger partial charge in [0, 0.05) is 67.8 Å². The molecule has 0 saturated carbocycles. The van der Waals surface area contributed by atoms with E-state index in [2.05, 4.69) is 10.3 Å². The van der Waals surface area contributed by atoms with Crippen molar-refractivity contribution in [2.24, 2.45) is 0 Å². The lowest BCUT2D eigenvalue weighted by atomic mass is 10.0. The first kappa shape index (κ1) is 24.7. The van der Waals surface area contributed by atoms with Crippen LogP contribution in [0.3, 0.4) is 0 Å². The van der Waals surface area contributed by atoms with E-state index in [0.29, 0.717) is 26.1 Å². The number of ether oxygens (including phenoxy) is 1. The molecular formula is C30H32N4O3. The Balaban J connectivity index is 1.16. The number of carbonyl (C=O) groups excluding carboxylic acids is 1. The zero-order chi connectivity index (χ0) is 25.5. The van der Waals surface area contributed by atoms with Gasteiger partial charge in [-0.05, 0) is 66.6 Å². The number of fused-ring (bicyclic) bond motifs is 1. The van der Waals surface area contributed by atoms with Crippen LogP contribution in [0.15, 0.2) is 90.1 Å². The molecule has 0 aliphatic carbocycles. The van der Waals surface area contributed by atoms with Crippen molar-refractivity contribution in [1.29, 1.82) is 0 Å². The number of nitrogens with one attached hydrogen (secondary N) is 1. The lowest BCUT2D eigenvalue weighted by molar-refractivity contribution is -0.117. The number of benzene rings is 2. The van der Waals surface area contributed by atoms with E-state index >= 15 is 0 Å². The molecule has 0 bridgehead atoms. The molecule has 0 spiro atoms. The first-order chi connectivity index (χ1) is 18.2. The second kappa shape index (κ2) is 11.8. The van der Waals surface area contributed by atoms with Crippen LogP contribution in [0, 0.1) is 0 Å². The second-order valence-electron chi connectivity index (χ2n) is 9.33. The highest BCUT2D eigenvalue weighted by molar-refractivity contribution is 5.95. The molecule has 7 nitrogen and oxygen atoms in total. The molecule has 2 aromatic carbocycles. The number of rotatable bonds is 11. The predicted octanol–water partition coefficient (Wildman–Crippen LogP) is 4.71. The third-order valence-electron chi connectivity index (χ3n) is 6.85. The third kappa shape index (κ3) is 6.06. The molecule has 1 atom stereocenters. The van der Waals surface area contributed by atoms with Gasteiger partial charge in [0.25, 0.3) is 5.56 Å². The quantitative estimate of drug-likeness (QED) is 0.304. The lowest BCUT2D eigenvalue weighted by Crippen LogP contribution is -2.29. The van der Waals surface area contributed by atoms with Crippen molar-refractivity contribution in [3.63, 3.8) is 0 Å². The van der Waals surface area contributed by atoms with Gasteiger partial charge in [-0.25, -0.2) is 0 Å². The Bertz CT molecular complexity index is 1400. The van der Waals surface area contributed by atoms with Crippen LogP contribution in [-0.2, 0) is 11.3 Å². The van der Waals surface area contributed by atoms with Crippen LogP contribution in [-0.4, -0.2) is 35.2 Å². The molecule has 3 heterocycles. The number of carbonyl (C=O) groups is 1. The Kier molecular flexibility index (Phi) is 7.91. The van der Waals surface area contributed by atoms with Gasteiger partial charge in [-0.1, -0.05) is 24.3 Å². The number of hydrogen-bond acceptors (Lipinski definition) is 5. The first-order valence-electron chi connectivity index (χ1n) is 12.9. The van der Waals surface area contributed by atoms with Gasteiger partial charge in [-0.2, -0.15) is 0 Å². The summed E-state index contributed by atoms with van der Waals surface area (Å²) in [6.45, 7) is 2.60. The van der Waals surface area contributed by atoms with Gasteiger partial charge in [0.15, 0.2) is 0 Å². The van der Waals surface area contributed by atoms with Crippen LogP contribution < -0.4 is 20.5 Å². The summed E-state index contributed by atoms with van der Waals surface area (Å²) in [5.74, 6) is 0.954. The van der Waals surface area contributed by atoms with Gasteiger partial charge in [0.2, 0.25) is 5.91 Å². The molecule has 1 saturated heterocycles. The zero-order valence-electron chi connectivity index (χ0n) is 20.9. The van der Waals surface area contributed by atoms with Crippen LogP contribution in [0.2, 0.25) is 0 Å². The minimum Gasteiger partial charge on any atom is -0.494 e. The Labute approximate surface area is 216 Å². The van der Waals surface area contributed by atoms with Gasteiger partial charge in [-0.3, -0.25) is 14.6 Å². The fraction of sp³-hybridized carbons (Fsp3) is 0.300. The van der Waals surface area contributed by atoms with Crippen molar-refractivity contribution in [1.82, 2.24) is 14.9 Å². The van der Waals surface area contributed by atoms with Crippen LogP contribution in [0.25, 0.3) is 10.8 Å². The number of amides is 1. The highest BCUT2D eigenvalue weighted by atomic mass is 16.5. The molecule has 1 unspecified atom stereocenters. The Hall–Kier alpha value is -3.97. The van der Waals surface area contributed by atoms with Crippen LogP contribution in [0.1, 0.15) is 37.3 Å². The molecule has 5 rings (SSSR count). The van der Waals surface area contributed by atoms with Crippen molar-refractivity contribution < 1.29 is 9.53 Å². The van der Waals surface area contributed by atoms with Crippen molar-refractivity contribution in [2.75, 3.05) is 24.6 Å². The predicted molar refractivity (Wildman–Crippen MR) is 146 cm³/mol. The third-order valence-corrected chi connectivity index (χ3v) is 6.85. The molecule has 190 valence electrons. The standard InChI is InChI=1S/C30H32N4O3/c35-29-11-4-18-34(29)25-7-3-8-26(22-25)37-21-5-10-28(24-12-15-31-16-13-24)32-17-20-33-19-14-23-6-1-2-9-27(23)30(33)36/h1-3,6-9,12-16,19,22,28,32H,4-5,10-11,17-18,20-21H2. The molecule has 0 radical (unpaired) electrons. The van der Waals surface area contributed by atoms with Gasteiger partial charge in [0.05, 0.1) is 6.61 Å². The number of anilines is 1. The van der Waals surface area contributed by atoms with Crippen LogP contribution >= 0.6 is 0 Å². The van der Waals surface area contributed by atoms with E-state index in [-0.39, 0.29) is 17.5 Å². The Morgan fingerprint density at radius 1 is 1.00 bits per heavy atom. The van der Waals surface area contributed by atoms with E-state index in [1.54, 1.807) is 17.0 Å². The normalized spacial score (nSPS) is 14.3. The van der Waals surface area contributed by atoms with Gasteiger partial charge in [0.1, 0.15) is 5.75 Å². The highest BCUT2D eigenvalue weighted by Gasteiger charge is 2.21. The van der Waals surface area contributed by atoms with E-state index in [9.17, 15) is 9.59 Å². The summed E-state index contributed by atoms with van der Waals surface area (Å²) in [5.41, 5.74) is 2.10. The maximum absolute atomic E-state index is 12.8. The topological polar surface area (TPSA) is 76.5 Å². The molecule has 1 N–H and O–H groups in total. The summed E-state index contributed by atoms with van der Waals surface area (Å²) in [6.07, 6.45) is 8.72. The van der Waals surface area contributed by atoms with E-state index in [1.165, 1.54) is 0 Å². The fourth-order valence-corrected chi connectivity index (χ4v) is 4.89. The summed E-state index contributed by atoms with van der Waals surface area (Å²) in [5, 5.41) is 5.33. The maximum Gasteiger partial charge on any atom is 0.258 e. The molecule has 1 amide bonds. The summed E-state index contributed by atoms with van der Waals surface area (Å²) in [7, 11) is 0. The van der Waals surface area contributed by atoms with E-state index in [1.807, 2.05) is 77.8 Å². The number of pyridine rings is 2. The average Bonchev–Trinajstić information content (AvgIpc) is 3.38. The van der Waals surface area contributed by atoms with Crippen molar-refractivity contribution in [3.05, 3.63) is 101 Å². The first-order valence-corrected chi connectivity index (χ1v) is 12.9. The van der Waals surface area contributed by atoms with E-state index in [4.69, 9.17) is 4.74 Å². The number of hydrogen-bond donors (Lipinski definition) is 1. The molecule has 2 aromatic heterocycles. The minimum absolute atomic E-state index is 0.0339. The summed E-state index contributed by atoms with van der Waals surface area (Å²) in [6, 6.07) is 21.6. The van der Waals surface area contributed by atoms with Crippen molar-refractivity contribution >= 4 is 22.4 Å². The molecule has 1 aliphatic rings. The maximum atomic E-state index is 12.8. The summed E-state index contributed by atoms with van der Waals surface area (Å²) >= 11 is 0. The van der Waals surface area contributed by atoms with Crippen molar-refractivity contribution in [3.8, 4) is 5.75 Å². The summed E-state index contributed by atoms with van der Waals surface area (Å²) in [4.78, 5) is 30.9. The minimum atomic E-state index is 0.0339. The smallest absolute Gasteiger partial charge is 0.258 e. The van der Waals surface area contributed by atoms with Crippen LogP contribution in [0.5, 0.6) is 5.75 Å². The molecule has 1 aliphatic heterocycles. The van der Waals surface area contributed by atoms with Crippen molar-refractivity contribution in [2.45, 2.75) is 38.3 Å². The van der Waals surface area contributed by atoms with Crippen LogP contribution in [0.4, 0.5) is 5.69 Å². The Morgan fingerprint density at radius 3 is 2.70 bits per heavy atom. The SMILES string of the molecule is O=C1CCCN1c1cccc(OCCCC(NCCn2ccc3ccccc3c2=O)c2ccncc2)c1. The molecule has 37 heavy (non-hydrogen) atoms.